The second-order valence-corrected chi connectivity index (χ2v) is 7.86. The Balaban J connectivity index is 0.00000312. The minimum atomic E-state index is -3.26. The number of hydrogen-bond acceptors (Lipinski definition) is 3. The molecule has 0 heterocycles. The summed E-state index contributed by atoms with van der Waals surface area (Å²) in [5, 5.41) is 3.03. The van der Waals surface area contributed by atoms with Crippen LogP contribution < -0.4 is 11.1 Å². The van der Waals surface area contributed by atoms with Crippen molar-refractivity contribution in [2.24, 2.45) is 10.7 Å². The van der Waals surface area contributed by atoms with Crippen molar-refractivity contribution >= 4 is 45.5 Å². The molecular weight excluding hydrogens is 449 g/mol. The first kappa shape index (κ1) is 21.4. The average Bonchev–Trinajstić information content (AvgIpc) is 2.51. The van der Waals surface area contributed by atoms with Crippen molar-refractivity contribution in [1.82, 2.24) is 0 Å². The van der Waals surface area contributed by atoms with E-state index < -0.39 is 9.84 Å². The van der Waals surface area contributed by atoms with Gasteiger partial charge in [-0.05, 0) is 55.7 Å². The van der Waals surface area contributed by atoms with E-state index in [1.807, 2.05) is 26.0 Å². The normalized spacial score (nSPS) is 11.7. The number of halogens is 1. The molecule has 0 aliphatic rings. The fourth-order valence-electron chi connectivity index (χ4n) is 2.43. The second-order valence-electron chi connectivity index (χ2n) is 5.75. The van der Waals surface area contributed by atoms with Crippen molar-refractivity contribution in [2.45, 2.75) is 25.2 Å². The monoisotopic (exact) mass is 473 g/mol. The highest BCUT2D eigenvalue weighted by atomic mass is 127. The van der Waals surface area contributed by atoms with Crippen molar-refractivity contribution in [2.75, 3.05) is 17.6 Å². The maximum atomic E-state index is 12.1. The van der Waals surface area contributed by atoms with Gasteiger partial charge in [-0.3, -0.25) is 4.99 Å². The molecule has 0 radical (unpaired) electrons. The molecule has 0 fully saturated rings. The zero-order valence-electron chi connectivity index (χ0n) is 14.4. The lowest BCUT2D eigenvalue weighted by molar-refractivity contribution is 0.593. The summed E-state index contributed by atoms with van der Waals surface area (Å²) in [5.74, 6) is 0.342. The van der Waals surface area contributed by atoms with Crippen LogP contribution in [0.15, 0.2) is 58.4 Å². The number of hydrogen-bond donors (Lipinski definition) is 2. The summed E-state index contributed by atoms with van der Waals surface area (Å²) in [4.78, 5) is 4.54. The van der Waals surface area contributed by atoms with Gasteiger partial charge in [-0.1, -0.05) is 24.3 Å². The van der Waals surface area contributed by atoms with Crippen molar-refractivity contribution < 1.29 is 8.42 Å². The Kier molecular flexibility index (Phi) is 8.37. The predicted octanol–water partition coefficient (Wildman–Crippen LogP) is 3.51. The van der Waals surface area contributed by atoms with Gasteiger partial charge in [-0.15, -0.1) is 24.0 Å². The van der Waals surface area contributed by atoms with Gasteiger partial charge in [0.15, 0.2) is 15.8 Å². The van der Waals surface area contributed by atoms with E-state index in [0.29, 0.717) is 17.9 Å². The number of guanidine groups is 1. The number of aryl methyl sites for hydroxylation is 2. The van der Waals surface area contributed by atoms with E-state index >= 15 is 0 Å². The Morgan fingerprint density at radius 3 is 2.28 bits per heavy atom. The van der Waals surface area contributed by atoms with Gasteiger partial charge in [0.05, 0.1) is 10.6 Å². The van der Waals surface area contributed by atoms with Gasteiger partial charge in [0.25, 0.3) is 0 Å². The minimum Gasteiger partial charge on any atom is -0.370 e. The SMILES string of the molecule is Cc1cc(C)cc(NC(N)=NCCCS(=O)(=O)c2ccccc2)c1.I. The van der Waals surface area contributed by atoms with Crippen LogP contribution in [0.4, 0.5) is 5.69 Å². The largest absolute Gasteiger partial charge is 0.370 e. The number of aliphatic imine (C=N–C) groups is 1. The van der Waals surface area contributed by atoms with Gasteiger partial charge in [0, 0.05) is 12.2 Å². The predicted molar refractivity (Wildman–Crippen MR) is 115 cm³/mol. The van der Waals surface area contributed by atoms with Crippen molar-refractivity contribution in [3.05, 3.63) is 59.7 Å². The summed E-state index contributed by atoms with van der Waals surface area (Å²) in [6, 6.07) is 14.5. The first-order valence-electron chi connectivity index (χ1n) is 7.80. The smallest absolute Gasteiger partial charge is 0.193 e. The summed E-state index contributed by atoms with van der Waals surface area (Å²) in [5.41, 5.74) is 9.01. The maximum Gasteiger partial charge on any atom is 0.193 e. The first-order valence-corrected chi connectivity index (χ1v) is 9.45. The molecule has 0 saturated carbocycles. The van der Waals surface area contributed by atoms with Gasteiger partial charge in [0.1, 0.15) is 0 Å². The number of nitrogens with zero attached hydrogens (tertiary/aromatic N) is 1. The van der Waals surface area contributed by atoms with Crippen LogP contribution in [-0.2, 0) is 9.84 Å². The molecule has 7 heteroatoms. The Bertz CT molecular complexity index is 801. The van der Waals surface area contributed by atoms with Gasteiger partial charge in [-0.25, -0.2) is 8.42 Å². The van der Waals surface area contributed by atoms with Crippen LogP contribution >= 0.6 is 24.0 Å². The quantitative estimate of drug-likeness (QED) is 0.291. The lowest BCUT2D eigenvalue weighted by Crippen LogP contribution is -2.23. The lowest BCUT2D eigenvalue weighted by Gasteiger charge is -2.08. The van der Waals surface area contributed by atoms with E-state index in [4.69, 9.17) is 5.73 Å². The highest BCUT2D eigenvalue weighted by molar-refractivity contribution is 14.0. The maximum absolute atomic E-state index is 12.1. The third-order valence-corrected chi connectivity index (χ3v) is 5.27. The number of benzene rings is 2. The molecule has 0 unspecified atom stereocenters. The number of rotatable bonds is 6. The van der Waals surface area contributed by atoms with Crippen LogP contribution in [0.1, 0.15) is 17.5 Å². The zero-order chi connectivity index (χ0) is 17.6. The van der Waals surface area contributed by atoms with Crippen LogP contribution in [0, 0.1) is 13.8 Å². The third-order valence-electron chi connectivity index (χ3n) is 3.45. The standard InChI is InChI=1S/C18H23N3O2S.HI/c1-14-11-15(2)13-16(12-14)21-18(19)20-9-6-10-24(22,23)17-7-4-3-5-8-17;/h3-5,7-8,11-13H,6,9-10H2,1-2H3,(H3,19,20,21);1H. The second kappa shape index (κ2) is 9.76. The number of nitrogens with one attached hydrogen (secondary N) is 1. The molecule has 5 nitrogen and oxygen atoms in total. The Labute approximate surface area is 166 Å². The highest BCUT2D eigenvalue weighted by Gasteiger charge is 2.12. The summed E-state index contributed by atoms with van der Waals surface area (Å²) in [6.07, 6.45) is 0.423. The fraction of sp³-hybridized carbons (Fsp3) is 0.278. The molecular formula is C18H24IN3O2S. The summed E-state index contributed by atoms with van der Waals surface area (Å²) in [7, 11) is -3.26. The van der Waals surface area contributed by atoms with Crippen molar-refractivity contribution in [3.8, 4) is 0 Å². The van der Waals surface area contributed by atoms with Gasteiger partial charge < -0.3 is 11.1 Å². The van der Waals surface area contributed by atoms with Crippen molar-refractivity contribution in [1.29, 1.82) is 0 Å². The minimum absolute atomic E-state index is 0. The van der Waals surface area contributed by atoms with E-state index in [-0.39, 0.29) is 35.7 Å². The molecule has 136 valence electrons. The fourth-order valence-corrected chi connectivity index (χ4v) is 3.75. The molecule has 2 rings (SSSR count). The van der Waals surface area contributed by atoms with E-state index in [1.54, 1.807) is 30.3 Å². The van der Waals surface area contributed by atoms with Crippen LogP contribution in [0.25, 0.3) is 0 Å². The van der Waals surface area contributed by atoms with Crippen LogP contribution in [0.5, 0.6) is 0 Å². The number of sulfone groups is 1. The van der Waals surface area contributed by atoms with Gasteiger partial charge >= 0.3 is 0 Å². The molecule has 0 spiro atoms. The van der Waals surface area contributed by atoms with E-state index in [1.165, 1.54) is 0 Å². The number of anilines is 1. The summed E-state index contributed by atoms with van der Waals surface area (Å²) >= 11 is 0. The van der Waals surface area contributed by atoms with E-state index in [9.17, 15) is 8.42 Å². The molecule has 0 aliphatic carbocycles. The first-order chi connectivity index (χ1) is 11.4. The van der Waals surface area contributed by atoms with Crippen LogP contribution in [-0.4, -0.2) is 26.7 Å². The van der Waals surface area contributed by atoms with Crippen LogP contribution in [0.3, 0.4) is 0 Å². The molecule has 0 bridgehead atoms. The number of nitrogens with two attached hydrogens (primary N) is 1. The van der Waals surface area contributed by atoms with Gasteiger partial charge in [-0.2, -0.15) is 0 Å². The summed E-state index contributed by atoms with van der Waals surface area (Å²) < 4.78 is 24.3. The van der Waals surface area contributed by atoms with Gasteiger partial charge in [0.2, 0.25) is 0 Å². The molecule has 25 heavy (non-hydrogen) atoms. The molecule has 2 aromatic rings. The molecule has 3 N–H and O–H groups in total. The zero-order valence-corrected chi connectivity index (χ0v) is 17.5. The lowest BCUT2D eigenvalue weighted by atomic mass is 10.1. The molecule has 0 saturated heterocycles. The topological polar surface area (TPSA) is 84.5 Å². The van der Waals surface area contributed by atoms with Crippen LogP contribution in [0.2, 0.25) is 0 Å². The molecule has 0 aliphatic heterocycles. The highest BCUT2D eigenvalue weighted by Crippen LogP contribution is 2.13. The third kappa shape index (κ3) is 7.03. The molecule has 0 amide bonds. The molecule has 0 aromatic heterocycles. The molecule has 0 atom stereocenters. The average molecular weight is 473 g/mol. The Morgan fingerprint density at radius 1 is 1.08 bits per heavy atom. The van der Waals surface area contributed by atoms with E-state index in [0.717, 1.165) is 16.8 Å². The molecule has 2 aromatic carbocycles. The Hall–Kier alpha value is -1.61. The van der Waals surface area contributed by atoms with E-state index in [2.05, 4.69) is 16.4 Å². The van der Waals surface area contributed by atoms with Crippen molar-refractivity contribution in [3.63, 3.8) is 0 Å². The Morgan fingerprint density at radius 2 is 1.68 bits per heavy atom. The summed E-state index contributed by atoms with van der Waals surface area (Å²) in [6.45, 7) is 4.38.